The number of carboxylic acids is 1. The van der Waals surface area contributed by atoms with Gasteiger partial charge in [-0.05, 0) is 23.8 Å². The lowest BCUT2D eigenvalue weighted by Crippen LogP contribution is -2.42. The van der Waals surface area contributed by atoms with E-state index in [9.17, 15) is 4.79 Å². The fourth-order valence-electron chi connectivity index (χ4n) is 2.20. The van der Waals surface area contributed by atoms with Gasteiger partial charge in [0.2, 0.25) is 0 Å². The van der Waals surface area contributed by atoms with Gasteiger partial charge in [0.25, 0.3) is 0 Å². The molecule has 19 heavy (non-hydrogen) atoms. The standard InChI is InChI=1S/C13H15Cl2NO3/c14-10-3-9(4-11(15)5-10)7-16-1-2-19-12(8-16)6-13(17)18/h3-5,12H,1-2,6-8H2,(H,17,18). The lowest BCUT2D eigenvalue weighted by atomic mass is 10.1. The van der Waals surface area contributed by atoms with Crippen molar-refractivity contribution in [2.75, 3.05) is 19.7 Å². The predicted octanol–water partition coefficient (Wildman–Crippen LogP) is 2.67. The van der Waals surface area contributed by atoms with Crippen LogP contribution in [-0.4, -0.2) is 41.8 Å². The molecule has 0 saturated carbocycles. The molecular formula is C13H15Cl2NO3. The number of hydrogen-bond donors (Lipinski definition) is 1. The second kappa shape index (κ2) is 6.57. The number of carboxylic acid groups (broad SMARTS) is 1. The van der Waals surface area contributed by atoms with Crippen molar-refractivity contribution in [3.05, 3.63) is 33.8 Å². The first-order chi connectivity index (χ1) is 9.02. The van der Waals surface area contributed by atoms with Crippen molar-refractivity contribution in [3.8, 4) is 0 Å². The summed E-state index contributed by atoms with van der Waals surface area (Å²) in [4.78, 5) is 12.8. The minimum Gasteiger partial charge on any atom is -0.481 e. The van der Waals surface area contributed by atoms with E-state index in [-0.39, 0.29) is 12.5 Å². The lowest BCUT2D eigenvalue weighted by molar-refractivity contribution is -0.142. The van der Waals surface area contributed by atoms with Crippen LogP contribution in [0.2, 0.25) is 10.0 Å². The quantitative estimate of drug-likeness (QED) is 0.929. The molecule has 2 rings (SSSR count). The maximum Gasteiger partial charge on any atom is 0.306 e. The summed E-state index contributed by atoms with van der Waals surface area (Å²) in [7, 11) is 0. The molecule has 0 spiro atoms. The van der Waals surface area contributed by atoms with Crippen molar-refractivity contribution in [1.29, 1.82) is 0 Å². The molecule has 104 valence electrons. The number of benzene rings is 1. The van der Waals surface area contributed by atoms with E-state index < -0.39 is 5.97 Å². The molecule has 1 saturated heterocycles. The van der Waals surface area contributed by atoms with Crippen LogP contribution >= 0.6 is 23.2 Å². The number of halogens is 2. The number of carbonyl (C=O) groups is 1. The molecule has 0 aromatic heterocycles. The van der Waals surface area contributed by atoms with Gasteiger partial charge in [0.15, 0.2) is 0 Å². The Morgan fingerprint density at radius 1 is 1.37 bits per heavy atom. The summed E-state index contributed by atoms with van der Waals surface area (Å²) in [5.74, 6) is -0.836. The highest BCUT2D eigenvalue weighted by Crippen LogP contribution is 2.21. The third-order valence-electron chi connectivity index (χ3n) is 2.95. The van der Waals surface area contributed by atoms with Crippen LogP contribution in [0.4, 0.5) is 0 Å². The minimum absolute atomic E-state index is 0.0345. The SMILES string of the molecule is O=C(O)CC1CN(Cc2cc(Cl)cc(Cl)c2)CCO1. The molecule has 1 aromatic rings. The molecule has 6 heteroatoms. The molecule has 1 N–H and O–H groups in total. The zero-order valence-corrected chi connectivity index (χ0v) is 11.8. The van der Waals surface area contributed by atoms with Gasteiger partial charge in [-0.25, -0.2) is 0 Å². The van der Waals surface area contributed by atoms with Gasteiger partial charge < -0.3 is 9.84 Å². The van der Waals surface area contributed by atoms with E-state index >= 15 is 0 Å². The van der Waals surface area contributed by atoms with Crippen LogP contribution in [0.1, 0.15) is 12.0 Å². The van der Waals surface area contributed by atoms with Crippen LogP contribution in [0.5, 0.6) is 0 Å². The smallest absolute Gasteiger partial charge is 0.306 e. The summed E-state index contributed by atoms with van der Waals surface area (Å²) >= 11 is 11.9. The Morgan fingerprint density at radius 3 is 2.68 bits per heavy atom. The van der Waals surface area contributed by atoms with Crippen LogP contribution in [0.15, 0.2) is 18.2 Å². The van der Waals surface area contributed by atoms with Crippen LogP contribution in [0.3, 0.4) is 0 Å². The van der Waals surface area contributed by atoms with Gasteiger partial charge in [0.1, 0.15) is 0 Å². The Balaban J connectivity index is 1.96. The molecule has 1 heterocycles. The number of rotatable bonds is 4. The monoisotopic (exact) mass is 303 g/mol. The van der Waals surface area contributed by atoms with Crippen molar-refractivity contribution in [3.63, 3.8) is 0 Å². The second-order valence-electron chi connectivity index (χ2n) is 4.60. The normalized spacial score (nSPS) is 20.4. The first kappa shape index (κ1) is 14.6. The summed E-state index contributed by atoms with van der Waals surface area (Å²) in [6.07, 6.45) is -0.215. The fraction of sp³-hybridized carbons (Fsp3) is 0.462. The highest BCUT2D eigenvalue weighted by Gasteiger charge is 2.22. The topological polar surface area (TPSA) is 49.8 Å². The Morgan fingerprint density at radius 2 is 2.05 bits per heavy atom. The maximum absolute atomic E-state index is 10.7. The molecular weight excluding hydrogens is 289 g/mol. The van der Waals surface area contributed by atoms with Gasteiger partial charge in [-0.2, -0.15) is 0 Å². The molecule has 1 aliphatic rings. The Hall–Kier alpha value is -0.810. The van der Waals surface area contributed by atoms with Crippen molar-refractivity contribution < 1.29 is 14.6 Å². The van der Waals surface area contributed by atoms with E-state index in [0.717, 1.165) is 12.1 Å². The maximum atomic E-state index is 10.7. The molecule has 1 atom stereocenters. The van der Waals surface area contributed by atoms with Crippen molar-refractivity contribution >= 4 is 29.2 Å². The van der Waals surface area contributed by atoms with E-state index in [0.29, 0.717) is 29.7 Å². The van der Waals surface area contributed by atoms with E-state index in [2.05, 4.69) is 4.90 Å². The van der Waals surface area contributed by atoms with Gasteiger partial charge in [0, 0.05) is 29.7 Å². The van der Waals surface area contributed by atoms with Crippen molar-refractivity contribution in [1.82, 2.24) is 4.90 Å². The van der Waals surface area contributed by atoms with E-state index in [4.69, 9.17) is 33.0 Å². The van der Waals surface area contributed by atoms with Crippen molar-refractivity contribution in [2.24, 2.45) is 0 Å². The number of morpholine rings is 1. The number of ether oxygens (including phenoxy) is 1. The highest BCUT2D eigenvalue weighted by molar-refractivity contribution is 6.34. The highest BCUT2D eigenvalue weighted by atomic mass is 35.5. The largest absolute Gasteiger partial charge is 0.481 e. The van der Waals surface area contributed by atoms with Gasteiger partial charge >= 0.3 is 5.97 Å². The molecule has 0 radical (unpaired) electrons. The Kier molecular flexibility index (Phi) is 5.05. The third-order valence-corrected chi connectivity index (χ3v) is 3.39. The average Bonchev–Trinajstić information content (AvgIpc) is 2.26. The van der Waals surface area contributed by atoms with Gasteiger partial charge in [-0.1, -0.05) is 23.2 Å². The van der Waals surface area contributed by atoms with E-state index in [1.54, 1.807) is 6.07 Å². The number of hydrogen-bond acceptors (Lipinski definition) is 3. The Bertz CT molecular complexity index is 447. The zero-order chi connectivity index (χ0) is 13.8. The van der Waals surface area contributed by atoms with Crippen LogP contribution in [0.25, 0.3) is 0 Å². The number of nitrogens with zero attached hydrogens (tertiary/aromatic N) is 1. The predicted molar refractivity (Wildman–Crippen MR) is 73.7 cm³/mol. The van der Waals surface area contributed by atoms with Gasteiger partial charge in [-0.15, -0.1) is 0 Å². The van der Waals surface area contributed by atoms with Gasteiger partial charge in [-0.3, -0.25) is 9.69 Å². The van der Waals surface area contributed by atoms with Crippen LogP contribution in [0, 0.1) is 0 Å². The zero-order valence-electron chi connectivity index (χ0n) is 10.3. The van der Waals surface area contributed by atoms with Crippen LogP contribution in [-0.2, 0) is 16.1 Å². The summed E-state index contributed by atoms with van der Waals surface area (Å²) in [6, 6.07) is 5.43. The third kappa shape index (κ3) is 4.66. The summed E-state index contributed by atoms with van der Waals surface area (Å²) < 4.78 is 5.43. The summed E-state index contributed by atoms with van der Waals surface area (Å²) in [6.45, 7) is 2.63. The van der Waals surface area contributed by atoms with Crippen LogP contribution < -0.4 is 0 Å². The summed E-state index contributed by atoms with van der Waals surface area (Å²) in [5, 5.41) is 10.00. The number of aliphatic carboxylic acids is 1. The van der Waals surface area contributed by atoms with Crippen molar-refractivity contribution in [2.45, 2.75) is 19.1 Å². The minimum atomic E-state index is -0.836. The lowest BCUT2D eigenvalue weighted by Gasteiger charge is -2.32. The first-order valence-corrected chi connectivity index (χ1v) is 6.79. The fourth-order valence-corrected chi connectivity index (χ4v) is 2.77. The molecule has 0 aliphatic carbocycles. The molecule has 1 unspecified atom stereocenters. The molecule has 4 nitrogen and oxygen atoms in total. The molecule has 0 bridgehead atoms. The molecule has 1 aromatic carbocycles. The molecule has 1 aliphatic heterocycles. The van der Waals surface area contributed by atoms with Gasteiger partial charge in [0.05, 0.1) is 19.1 Å². The average molecular weight is 304 g/mol. The first-order valence-electron chi connectivity index (χ1n) is 6.03. The summed E-state index contributed by atoms with van der Waals surface area (Å²) in [5.41, 5.74) is 1.02. The van der Waals surface area contributed by atoms with E-state index in [1.807, 2.05) is 12.1 Å². The molecule has 0 amide bonds. The van der Waals surface area contributed by atoms with E-state index in [1.165, 1.54) is 0 Å². The second-order valence-corrected chi connectivity index (χ2v) is 5.48. The molecule has 1 fully saturated rings. The Labute approximate surface area is 121 Å².